The topological polar surface area (TPSA) is 0 Å². The minimum Gasteiger partial charge on any atom is -0.358 e. The molecule has 6 rings (SSSR count). The smallest absolute Gasteiger partial charge is 0.358 e. The molecular formula is C41H46HfSi. The van der Waals surface area contributed by atoms with Crippen LogP contribution in [0.4, 0.5) is 0 Å². The molecular weight excluding hydrogens is 699 g/mol. The minimum absolute atomic E-state index is 0. The Labute approximate surface area is 280 Å². The Morgan fingerprint density at radius 2 is 0.977 bits per heavy atom. The third kappa shape index (κ3) is 6.38. The van der Waals surface area contributed by atoms with Gasteiger partial charge in [-0.25, -0.2) is 0 Å². The number of fused-ring (bicyclic) bond motifs is 2. The maximum atomic E-state index is 2.62. The predicted molar refractivity (Wildman–Crippen MR) is 192 cm³/mol. The number of hydrogen-bond donors (Lipinski definition) is 0. The molecule has 0 bridgehead atoms. The fourth-order valence-corrected chi connectivity index (χ4v) is 10.6. The van der Waals surface area contributed by atoms with Crippen LogP contribution in [0.1, 0.15) is 44.7 Å². The Hall–Kier alpha value is -2.81. The van der Waals surface area contributed by atoms with Crippen molar-refractivity contribution in [1.82, 2.24) is 0 Å². The largest absolute Gasteiger partial charge is 4.00 e. The molecule has 0 aromatic heterocycles. The summed E-state index contributed by atoms with van der Waals surface area (Å²) in [5.74, 6) is 0. The third-order valence-electron chi connectivity index (χ3n) is 9.18. The van der Waals surface area contributed by atoms with E-state index in [2.05, 4.69) is 137 Å². The van der Waals surface area contributed by atoms with Crippen LogP contribution in [0.2, 0.25) is 12.6 Å². The van der Waals surface area contributed by atoms with Crippen LogP contribution in [0.3, 0.4) is 0 Å². The Balaban J connectivity index is 0.00000169. The molecule has 6 aromatic rings. The number of hydrogen-bond acceptors (Lipinski definition) is 0. The molecule has 0 aliphatic heterocycles. The molecule has 0 N–H and O–H groups in total. The van der Waals surface area contributed by atoms with Crippen molar-refractivity contribution in [3.8, 4) is 22.3 Å². The van der Waals surface area contributed by atoms with E-state index >= 15 is 0 Å². The molecule has 0 radical (unpaired) electrons. The van der Waals surface area contributed by atoms with Crippen molar-refractivity contribution in [3.63, 3.8) is 0 Å². The van der Waals surface area contributed by atoms with Crippen molar-refractivity contribution in [1.29, 1.82) is 0 Å². The Morgan fingerprint density at radius 1 is 0.558 bits per heavy atom. The molecule has 0 atom stereocenters. The van der Waals surface area contributed by atoms with Gasteiger partial charge in [0.15, 0.2) is 0 Å². The first-order valence-corrected chi connectivity index (χ1v) is 17.8. The minimum atomic E-state index is -1.98. The molecule has 0 unspecified atom stereocenters. The molecule has 0 aliphatic carbocycles. The van der Waals surface area contributed by atoms with E-state index in [1.165, 1.54) is 73.8 Å². The predicted octanol–water partition coefficient (Wildman–Crippen LogP) is 10.8. The van der Waals surface area contributed by atoms with Gasteiger partial charge in [-0.05, 0) is 35.1 Å². The molecule has 2 heteroatoms. The summed E-state index contributed by atoms with van der Waals surface area (Å²) in [6.07, 6.45) is 4.59. The standard InChI is InChI=1S/C39H40Si.2CH3.Hf/c1-5-8-23-40(4,32-24-30-17-13-21-36(38(30)26-32)34-19-11-9-15-28(34)6-2)33-25-31-18-14-22-37(39(31)27-33)35-20-12-10-16-29(35)7-3;;;/h9-22,24-27H,5-8,23H2,1-4H3;2*1H3;/q-2;2*-1;+4. The molecule has 218 valence electrons. The maximum Gasteiger partial charge on any atom is 4.00 e. The van der Waals surface area contributed by atoms with Gasteiger partial charge in [0.1, 0.15) is 0 Å². The molecule has 0 saturated heterocycles. The Kier molecular flexibility index (Phi) is 11.9. The van der Waals surface area contributed by atoms with E-state index < -0.39 is 8.07 Å². The Morgan fingerprint density at radius 3 is 1.40 bits per heavy atom. The number of rotatable bonds is 9. The molecule has 43 heavy (non-hydrogen) atoms. The second-order valence-electron chi connectivity index (χ2n) is 11.6. The van der Waals surface area contributed by atoms with Gasteiger partial charge in [-0.1, -0.05) is 118 Å². The molecule has 0 aliphatic rings. The van der Waals surface area contributed by atoms with E-state index in [0.29, 0.717) is 0 Å². The summed E-state index contributed by atoms with van der Waals surface area (Å²) < 4.78 is 0. The van der Waals surface area contributed by atoms with Crippen LogP contribution in [0.25, 0.3) is 43.8 Å². The van der Waals surface area contributed by atoms with E-state index in [9.17, 15) is 0 Å². The summed E-state index contributed by atoms with van der Waals surface area (Å²) in [5.41, 5.74) is 8.35. The van der Waals surface area contributed by atoms with Crippen molar-refractivity contribution in [2.24, 2.45) is 0 Å². The number of aryl methyl sites for hydroxylation is 2. The molecule has 0 heterocycles. The zero-order chi connectivity index (χ0) is 27.7. The quantitative estimate of drug-likeness (QED) is 0.102. The fourth-order valence-electron chi connectivity index (χ4n) is 6.74. The van der Waals surface area contributed by atoms with Gasteiger partial charge in [0.25, 0.3) is 0 Å². The average molecular weight is 745 g/mol. The van der Waals surface area contributed by atoms with Crippen LogP contribution in [0.15, 0.2) is 109 Å². The molecule has 0 nitrogen and oxygen atoms in total. The molecule has 0 amide bonds. The van der Waals surface area contributed by atoms with Gasteiger partial charge in [-0.15, -0.1) is 68.3 Å². The summed E-state index contributed by atoms with van der Waals surface area (Å²) in [4.78, 5) is 0. The van der Waals surface area contributed by atoms with Crippen LogP contribution in [0, 0.1) is 14.9 Å². The summed E-state index contributed by atoms with van der Waals surface area (Å²) in [7, 11) is -1.98. The van der Waals surface area contributed by atoms with Gasteiger partial charge in [-0.2, -0.15) is 12.1 Å². The van der Waals surface area contributed by atoms with E-state index in [1.54, 1.807) is 10.4 Å². The van der Waals surface area contributed by atoms with Gasteiger partial charge >= 0.3 is 25.8 Å². The van der Waals surface area contributed by atoms with Crippen LogP contribution in [-0.4, -0.2) is 8.07 Å². The summed E-state index contributed by atoms with van der Waals surface area (Å²) in [6.45, 7) is 9.47. The van der Waals surface area contributed by atoms with Crippen molar-refractivity contribution < 1.29 is 25.8 Å². The number of unbranched alkanes of at least 4 members (excludes halogenated alkanes) is 1. The first-order chi connectivity index (χ1) is 19.6. The van der Waals surface area contributed by atoms with E-state index in [0.717, 1.165) is 12.8 Å². The summed E-state index contributed by atoms with van der Waals surface area (Å²) in [6, 6.07) is 43.1. The molecule has 0 fully saturated rings. The SMILES string of the molecule is CCCC[Si](C)(c1cc2c(-c3ccccc3CC)cccc2[cH-]1)c1cc2c(-c3ccccc3CC)cccc2[cH-]1.[CH3-].[CH3-].[Hf+4]. The van der Waals surface area contributed by atoms with Gasteiger partial charge < -0.3 is 14.9 Å². The molecule has 0 saturated carbocycles. The first-order valence-electron chi connectivity index (χ1n) is 15.1. The average Bonchev–Trinajstić information content (AvgIpc) is 3.65. The zero-order valence-corrected chi connectivity index (χ0v) is 31.5. The monoisotopic (exact) mass is 746 g/mol. The van der Waals surface area contributed by atoms with Crippen LogP contribution in [-0.2, 0) is 38.7 Å². The first kappa shape index (κ1) is 34.7. The van der Waals surface area contributed by atoms with E-state index in [1.807, 2.05) is 0 Å². The Bertz CT molecular complexity index is 1660. The second-order valence-corrected chi connectivity index (χ2v) is 15.9. The van der Waals surface area contributed by atoms with Gasteiger partial charge in [0.05, 0.1) is 8.07 Å². The van der Waals surface area contributed by atoms with E-state index in [4.69, 9.17) is 0 Å². The molecule has 6 aromatic carbocycles. The van der Waals surface area contributed by atoms with Crippen LogP contribution in [0.5, 0.6) is 0 Å². The molecule has 0 spiro atoms. The summed E-state index contributed by atoms with van der Waals surface area (Å²) >= 11 is 0. The van der Waals surface area contributed by atoms with Gasteiger partial charge in [0.2, 0.25) is 0 Å². The van der Waals surface area contributed by atoms with E-state index in [-0.39, 0.29) is 40.7 Å². The van der Waals surface area contributed by atoms with Crippen molar-refractivity contribution in [2.45, 2.75) is 59.0 Å². The van der Waals surface area contributed by atoms with Crippen molar-refractivity contribution >= 4 is 40.0 Å². The zero-order valence-electron chi connectivity index (χ0n) is 26.9. The van der Waals surface area contributed by atoms with Crippen molar-refractivity contribution in [3.05, 3.63) is 135 Å². The van der Waals surface area contributed by atoms with Crippen LogP contribution < -0.4 is 10.4 Å². The van der Waals surface area contributed by atoms with Gasteiger partial charge in [-0.3, -0.25) is 0 Å². The normalized spacial score (nSPS) is 11.2. The summed E-state index contributed by atoms with van der Waals surface area (Å²) in [5, 5.41) is 8.71. The van der Waals surface area contributed by atoms with Crippen LogP contribution >= 0.6 is 0 Å². The third-order valence-corrected chi connectivity index (χ3v) is 13.7. The van der Waals surface area contributed by atoms with Gasteiger partial charge in [0, 0.05) is 0 Å². The number of benzene rings is 4. The fraction of sp³-hybridized carbons (Fsp3) is 0.220. The maximum absolute atomic E-state index is 2.62. The second kappa shape index (κ2) is 14.8. The van der Waals surface area contributed by atoms with Crippen molar-refractivity contribution in [2.75, 3.05) is 0 Å².